The molecule has 0 unspecified atom stereocenters. The monoisotopic (exact) mass is 667 g/mol. The molecule has 1 aromatic carbocycles. The Morgan fingerprint density at radius 2 is 1.40 bits per heavy atom. The highest BCUT2D eigenvalue weighted by Crippen LogP contribution is 2.26. The van der Waals surface area contributed by atoms with Gasteiger partial charge in [0.2, 0.25) is 5.91 Å². The van der Waals surface area contributed by atoms with Crippen LogP contribution in [0.4, 0.5) is 9.59 Å². The Morgan fingerprint density at radius 1 is 0.787 bits per heavy atom. The van der Waals surface area contributed by atoms with Crippen LogP contribution in [-0.4, -0.2) is 97.4 Å². The average Bonchev–Trinajstić information content (AvgIpc) is 2.95. The molecule has 260 valence electrons. The number of carbonyl (C=O) groups is 7. The van der Waals surface area contributed by atoms with Gasteiger partial charge in [0, 0.05) is 27.7 Å². The lowest BCUT2D eigenvalue weighted by Gasteiger charge is -2.45. The molecule has 3 amide bonds. The second-order valence-electron chi connectivity index (χ2n) is 11.3. The number of esters is 4. The lowest BCUT2D eigenvalue weighted by molar-refractivity contribution is -0.226. The Hall–Kier alpha value is -4.93. The Labute approximate surface area is 271 Å². The molecule has 1 saturated heterocycles. The lowest BCUT2D eigenvalue weighted by Crippen LogP contribution is -2.69. The Kier molecular flexibility index (Phi) is 14.4. The summed E-state index contributed by atoms with van der Waals surface area (Å²) in [4.78, 5) is 86.0. The summed E-state index contributed by atoms with van der Waals surface area (Å²) in [5.74, 6) is -3.93. The minimum absolute atomic E-state index is 0.106. The van der Waals surface area contributed by atoms with Gasteiger partial charge in [0.05, 0.1) is 0 Å². The maximum Gasteiger partial charge on any atom is 0.409 e. The largest absolute Gasteiger partial charge is 0.463 e. The van der Waals surface area contributed by atoms with Gasteiger partial charge in [-0.1, -0.05) is 30.3 Å². The van der Waals surface area contributed by atoms with E-state index in [0.29, 0.717) is 5.56 Å². The van der Waals surface area contributed by atoms with Crippen LogP contribution in [0.2, 0.25) is 0 Å². The van der Waals surface area contributed by atoms with Gasteiger partial charge in [-0.3, -0.25) is 24.5 Å². The van der Waals surface area contributed by atoms with E-state index in [-0.39, 0.29) is 6.61 Å². The molecule has 1 aliphatic rings. The number of benzene rings is 1. The van der Waals surface area contributed by atoms with E-state index in [1.54, 1.807) is 51.1 Å². The van der Waals surface area contributed by atoms with E-state index in [4.69, 9.17) is 33.2 Å². The van der Waals surface area contributed by atoms with Crippen LogP contribution in [0, 0.1) is 0 Å². The smallest absolute Gasteiger partial charge is 0.409 e. The molecular weight excluding hydrogens is 626 g/mol. The lowest BCUT2D eigenvalue weighted by atomic mass is 9.95. The highest BCUT2D eigenvalue weighted by molar-refractivity contribution is 5.82. The van der Waals surface area contributed by atoms with Crippen molar-refractivity contribution in [2.24, 2.45) is 0 Å². The molecule has 2 rings (SSSR count). The molecule has 0 bridgehead atoms. The first kappa shape index (κ1) is 38.3. The molecule has 1 aromatic rings. The number of alkyl carbamates (subject to hydrolysis) is 2. The number of nitrogens with one attached hydrogen (secondary N) is 3. The molecule has 0 radical (unpaired) electrons. The third kappa shape index (κ3) is 13.9. The normalized spacial score (nSPS) is 21.1. The van der Waals surface area contributed by atoms with Crippen molar-refractivity contribution in [3.8, 4) is 0 Å². The summed E-state index contributed by atoms with van der Waals surface area (Å²) in [5, 5.41) is 7.14. The third-order valence-electron chi connectivity index (χ3n) is 5.95. The fourth-order valence-corrected chi connectivity index (χ4v) is 4.22. The van der Waals surface area contributed by atoms with E-state index < -0.39 is 97.4 Å². The summed E-state index contributed by atoms with van der Waals surface area (Å²) < 4.78 is 37.3. The molecule has 0 saturated carbocycles. The molecular formula is C30H41N3O14. The van der Waals surface area contributed by atoms with E-state index in [0.717, 1.165) is 27.7 Å². The maximum atomic E-state index is 13.0. The van der Waals surface area contributed by atoms with Crippen molar-refractivity contribution in [2.75, 3.05) is 13.2 Å². The predicted molar refractivity (Wildman–Crippen MR) is 158 cm³/mol. The van der Waals surface area contributed by atoms with E-state index >= 15 is 0 Å². The molecule has 0 spiro atoms. The predicted octanol–water partition coefficient (Wildman–Crippen LogP) is 1.01. The molecule has 3 N–H and O–H groups in total. The minimum Gasteiger partial charge on any atom is -0.463 e. The number of ether oxygens (including phenoxy) is 7. The first-order chi connectivity index (χ1) is 21.9. The number of rotatable bonds is 12. The first-order valence-corrected chi connectivity index (χ1v) is 14.5. The molecule has 0 aliphatic carbocycles. The topological polar surface area (TPSA) is 220 Å². The number of amides is 3. The van der Waals surface area contributed by atoms with Crippen LogP contribution in [0.1, 0.15) is 54.0 Å². The van der Waals surface area contributed by atoms with Crippen molar-refractivity contribution in [2.45, 2.75) is 97.3 Å². The van der Waals surface area contributed by atoms with Gasteiger partial charge >= 0.3 is 36.1 Å². The molecule has 1 heterocycles. The van der Waals surface area contributed by atoms with E-state index in [2.05, 4.69) is 16.0 Å². The standard InChI is InChI=1S/C30H41N3O14/c1-16(34)31-23-25(45-19(4)37)24(44-18(3)36)22(15-41-17(2)35)46-26(23)33-29(40)43-14-21(27(38)47-30(5,6)7)32-28(39)42-13-20-11-9-8-10-12-20/h8-12,21-26H,13-15H2,1-7H3,(H,31,34)(H,32,39)(H,33,40)/t21-,22+,23+,24+,25+,26+/m0/s1. The van der Waals surface area contributed by atoms with Crippen LogP contribution < -0.4 is 16.0 Å². The highest BCUT2D eigenvalue weighted by atomic mass is 16.6. The molecule has 1 aliphatic heterocycles. The summed E-state index contributed by atoms with van der Waals surface area (Å²) in [6.07, 6.45) is -7.84. The van der Waals surface area contributed by atoms with Gasteiger partial charge in [0.25, 0.3) is 0 Å². The number of hydrogen-bond acceptors (Lipinski definition) is 14. The van der Waals surface area contributed by atoms with Crippen LogP contribution in [0.15, 0.2) is 30.3 Å². The van der Waals surface area contributed by atoms with E-state index in [9.17, 15) is 33.6 Å². The van der Waals surface area contributed by atoms with Gasteiger partial charge in [-0.25, -0.2) is 14.4 Å². The summed E-state index contributed by atoms with van der Waals surface area (Å²) in [6, 6.07) is 5.88. The highest BCUT2D eigenvalue weighted by Gasteiger charge is 2.51. The van der Waals surface area contributed by atoms with Crippen LogP contribution >= 0.6 is 0 Å². The fourth-order valence-electron chi connectivity index (χ4n) is 4.22. The van der Waals surface area contributed by atoms with Gasteiger partial charge in [0.1, 0.15) is 37.6 Å². The summed E-state index contributed by atoms with van der Waals surface area (Å²) in [5.41, 5.74) is -0.279. The van der Waals surface area contributed by atoms with Crippen LogP contribution in [-0.2, 0) is 63.7 Å². The first-order valence-electron chi connectivity index (χ1n) is 14.5. The molecule has 0 aromatic heterocycles. The molecule has 17 heteroatoms. The fraction of sp³-hybridized carbons (Fsp3) is 0.567. The Morgan fingerprint density at radius 3 is 1.96 bits per heavy atom. The van der Waals surface area contributed by atoms with Crippen molar-refractivity contribution in [1.29, 1.82) is 0 Å². The average molecular weight is 668 g/mol. The minimum atomic E-state index is -1.52. The van der Waals surface area contributed by atoms with Crippen LogP contribution in [0.25, 0.3) is 0 Å². The second kappa shape index (κ2) is 17.7. The third-order valence-corrected chi connectivity index (χ3v) is 5.95. The summed E-state index contributed by atoms with van der Waals surface area (Å²) in [7, 11) is 0. The van der Waals surface area contributed by atoms with E-state index in [1.807, 2.05) is 0 Å². The zero-order valence-corrected chi connectivity index (χ0v) is 27.2. The van der Waals surface area contributed by atoms with Gasteiger partial charge in [-0.2, -0.15) is 0 Å². The Balaban J connectivity index is 2.25. The van der Waals surface area contributed by atoms with E-state index in [1.165, 1.54) is 0 Å². The zero-order valence-electron chi connectivity index (χ0n) is 27.2. The second-order valence-corrected chi connectivity index (χ2v) is 11.3. The zero-order chi connectivity index (χ0) is 35.3. The Bertz CT molecular complexity index is 1280. The van der Waals surface area contributed by atoms with Crippen molar-refractivity contribution in [1.82, 2.24) is 16.0 Å². The SMILES string of the molecule is CC(=O)N[C@@H]1[C@@H](OC(C)=O)[C@H](OC(C)=O)[C@@H](COC(C)=O)O[C@H]1NC(=O)OC[C@H](NC(=O)OCc1ccccc1)C(=O)OC(C)(C)C. The van der Waals surface area contributed by atoms with Crippen LogP contribution in [0.3, 0.4) is 0 Å². The van der Waals surface area contributed by atoms with Crippen molar-refractivity contribution < 1.29 is 66.7 Å². The van der Waals surface area contributed by atoms with Crippen molar-refractivity contribution >= 4 is 42.0 Å². The van der Waals surface area contributed by atoms with Crippen molar-refractivity contribution in [3.63, 3.8) is 0 Å². The van der Waals surface area contributed by atoms with Gasteiger partial charge in [-0.15, -0.1) is 0 Å². The molecule has 17 nitrogen and oxygen atoms in total. The molecule has 6 atom stereocenters. The number of carbonyl (C=O) groups excluding carboxylic acids is 7. The number of hydrogen-bond donors (Lipinski definition) is 3. The molecule has 47 heavy (non-hydrogen) atoms. The maximum absolute atomic E-state index is 13.0. The van der Waals surface area contributed by atoms with Crippen molar-refractivity contribution in [3.05, 3.63) is 35.9 Å². The molecule has 1 fully saturated rings. The van der Waals surface area contributed by atoms with Gasteiger partial charge in [0.15, 0.2) is 24.5 Å². The van der Waals surface area contributed by atoms with Crippen LogP contribution in [0.5, 0.6) is 0 Å². The summed E-state index contributed by atoms with van der Waals surface area (Å²) >= 11 is 0. The van der Waals surface area contributed by atoms with Gasteiger partial charge < -0.3 is 43.8 Å². The quantitative estimate of drug-likeness (QED) is 0.209. The van der Waals surface area contributed by atoms with Gasteiger partial charge in [-0.05, 0) is 26.3 Å². The summed E-state index contributed by atoms with van der Waals surface area (Å²) in [6.45, 7) is 7.85.